The highest BCUT2D eigenvalue weighted by Gasteiger charge is 2.22. The zero-order valence-electron chi connectivity index (χ0n) is 7.75. The van der Waals surface area contributed by atoms with E-state index in [4.69, 9.17) is 10.4 Å². The van der Waals surface area contributed by atoms with Gasteiger partial charge in [-0.1, -0.05) is 0 Å². The lowest BCUT2D eigenvalue weighted by molar-refractivity contribution is -0.136. The number of halogens is 3. The molecule has 0 aliphatic rings. The molecule has 84 valence electrons. The molecule has 1 N–H and O–H groups in total. The number of rotatable bonds is 3. The summed E-state index contributed by atoms with van der Waals surface area (Å²) >= 11 is 0. The minimum atomic E-state index is -3.10. The molecule has 1 heterocycles. The monoisotopic (exact) mass is 230 g/mol. The average Bonchev–Trinajstić information content (AvgIpc) is 2.19. The van der Waals surface area contributed by atoms with Gasteiger partial charge in [-0.3, -0.25) is 4.79 Å². The van der Waals surface area contributed by atoms with Crippen LogP contribution in [0.2, 0.25) is 0 Å². The van der Waals surface area contributed by atoms with Gasteiger partial charge in [0, 0.05) is 11.8 Å². The van der Waals surface area contributed by atoms with Crippen molar-refractivity contribution >= 4 is 5.97 Å². The Morgan fingerprint density at radius 2 is 2.25 bits per heavy atom. The minimum Gasteiger partial charge on any atom is -0.481 e. The number of carboxylic acid groups (broad SMARTS) is 1. The Morgan fingerprint density at radius 3 is 2.69 bits per heavy atom. The second kappa shape index (κ2) is 4.61. The fourth-order valence-corrected chi connectivity index (χ4v) is 1.11. The molecular formula is C9H5F3N2O2. The van der Waals surface area contributed by atoms with Crippen molar-refractivity contribution in [3.8, 4) is 6.07 Å². The first-order chi connectivity index (χ1) is 7.47. The maximum Gasteiger partial charge on any atom is 0.308 e. The Hall–Kier alpha value is -2.10. The Balaban J connectivity index is 3.35. The number of carbonyl (C=O) groups is 1. The third-order valence-corrected chi connectivity index (χ3v) is 1.81. The van der Waals surface area contributed by atoms with Crippen LogP contribution in [-0.4, -0.2) is 16.1 Å². The van der Waals surface area contributed by atoms with Gasteiger partial charge in [0.1, 0.15) is 17.6 Å². The zero-order chi connectivity index (χ0) is 12.3. The van der Waals surface area contributed by atoms with Crippen LogP contribution in [0.15, 0.2) is 6.20 Å². The van der Waals surface area contributed by atoms with Gasteiger partial charge in [0.25, 0.3) is 6.43 Å². The van der Waals surface area contributed by atoms with E-state index in [1.807, 2.05) is 0 Å². The molecule has 0 aliphatic carbocycles. The summed E-state index contributed by atoms with van der Waals surface area (Å²) in [6, 6.07) is 1.45. The molecule has 7 heteroatoms. The SMILES string of the molecule is N#Cc1ncc(C(F)F)c(F)c1CC(=O)O. The first-order valence-corrected chi connectivity index (χ1v) is 4.04. The minimum absolute atomic E-state index is 0.496. The Morgan fingerprint density at radius 1 is 1.62 bits per heavy atom. The van der Waals surface area contributed by atoms with Gasteiger partial charge in [-0.05, 0) is 0 Å². The first-order valence-electron chi connectivity index (χ1n) is 4.04. The molecule has 4 nitrogen and oxygen atoms in total. The number of aromatic nitrogens is 1. The quantitative estimate of drug-likeness (QED) is 0.856. The van der Waals surface area contributed by atoms with Gasteiger partial charge < -0.3 is 5.11 Å². The lowest BCUT2D eigenvalue weighted by Gasteiger charge is -2.06. The number of hydrogen-bond donors (Lipinski definition) is 1. The maximum atomic E-state index is 13.4. The predicted molar refractivity (Wildman–Crippen MR) is 45.2 cm³/mol. The Kier molecular flexibility index (Phi) is 3.45. The van der Waals surface area contributed by atoms with Crippen molar-refractivity contribution in [1.29, 1.82) is 5.26 Å². The molecule has 0 amide bonds. The molecule has 0 aromatic carbocycles. The summed E-state index contributed by atoms with van der Waals surface area (Å²) in [7, 11) is 0. The molecule has 0 fully saturated rings. The van der Waals surface area contributed by atoms with Crippen molar-refractivity contribution in [2.45, 2.75) is 12.8 Å². The van der Waals surface area contributed by atoms with Gasteiger partial charge >= 0.3 is 5.97 Å². The summed E-state index contributed by atoms with van der Waals surface area (Å²) in [4.78, 5) is 13.7. The van der Waals surface area contributed by atoms with Crippen LogP contribution in [0.3, 0.4) is 0 Å². The second-order valence-electron chi connectivity index (χ2n) is 2.84. The van der Waals surface area contributed by atoms with Crippen molar-refractivity contribution in [2.75, 3.05) is 0 Å². The fourth-order valence-electron chi connectivity index (χ4n) is 1.11. The third kappa shape index (κ3) is 2.28. The summed E-state index contributed by atoms with van der Waals surface area (Å²) in [5, 5.41) is 17.0. The maximum absolute atomic E-state index is 13.4. The highest BCUT2D eigenvalue weighted by atomic mass is 19.3. The van der Waals surface area contributed by atoms with Crippen LogP contribution in [0.1, 0.15) is 23.2 Å². The largest absolute Gasteiger partial charge is 0.481 e. The summed E-state index contributed by atoms with van der Waals surface area (Å²) in [5.74, 6) is -2.81. The van der Waals surface area contributed by atoms with Crippen molar-refractivity contribution in [3.05, 3.63) is 28.8 Å². The molecule has 1 rings (SSSR count). The molecule has 1 aromatic rings. The first kappa shape index (κ1) is 12.0. The van der Waals surface area contributed by atoms with Crippen LogP contribution < -0.4 is 0 Å². The fraction of sp³-hybridized carbons (Fsp3) is 0.222. The number of alkyl halides is 2. The number of pyridine rings is 1. The van der Waals surface area contributed by atoms with Crippen LogP contribution >= 0.6 is 0 Å². The predicted octanol–water partition coefficient (Wildman–Crippen LogP) is 1.66. The van der Waals surface area contributed by atoms with E-state index in [1.54, 1.807) is 0 Å². The number of carboxylic acids is 1. The van der Waals surface area contributed by atoms with E-state index in [2.05, 4.69) is 4.98 Å². The van der Waals surface area contributed by atoms with E-state index in [9.17, 15) is 18.0 Å². The molecular weight excluding hydrogens is 225 g/mol. The smallest absolute Gasteiger partial charge is 0.308 e. The third-order valence-electron chi connectivity index (χ3n) is 1.81. The van der Waals surface area contributed by atoms with Crippen molar-refractivity contribution in [1.82, 2.24) is 4.98 Å². The lowest BCUT2D eigenvalue weighted by atomic mass is 10.1. The van der Waals surface area contributed by atoms with Crippen molar-refractivity contribution < 1.29 is 23.1 Å². The van der Waals surface area contributed by atoms with Gasteiger partial charge in [-0.15, -0.1) is 0 Å². The van der Waals surface area contributed by atoms with Gasteiger partial charge in [0.05, 0.1) is 12.0 Å². The molecule has 0 aliphatic heterocycles. The molecule has 0 saturated heterocycles. The molecule has 0 unspecified atom stereocenters. The summed E-state index contributed by atoms with van der Waals surface area (Å²) in [5.41, 5.74) is -2.12. The van der Waals surface area contributed by atoms with E-state index in [0.717, 1.165) is 0 Å². The molecule has 0 saturated carbocycles. The van der Waals surface area contributed by atoms with Gasteiger partial charge in [-0.25, -0.2) is 18.2 Å². The molecule has 1 aromatic heterocycles. The van der Waals surface area contributed by atoms with Crippen molar-refractivity contribution in [3.63, 3.8) is 0 Å². The average molecular weight is 230 g/mol. The van der Waals surface area contributed by atoms with Gasteiger partial charge in [0.15, 0.2) is 0 Å². The van der Waals surface area contributed by atoms with Gasteiger partial charge in [-0.2, -0.15) is 5.26 Å². The molecule has 0 radical (unpaired) electrons. The lowest BCUT2D eigenvalue weighted by Crippen LogP contribution is -2.09. The molecule has 0 atom stereocenters. The van der Waals surface area contributed by atoms with Crippen LogP contribution in [0.5, 0.6) is 0 Å². The molecule has 0 spiro atoms. The van der Waals surface area contributed by atoms with E-state index in [-0.39, 0.29) is 0 Å². The van der Waals surface area contributed by atoms with E-state index < -0.39 is 41.5 Å². The van der Waals surface area contributed by atoms with E-state index >= 15 is 0 Å². The second-order valence-corrected chi connectivity index (χ2v) is 2.84. The van der Waals surface area contributed by atoms with Crippen LogP contribution in [0.25, 0.3) is 0 Å². The number of nitrogens with zero attached hydrogens (tertiary/aromatic N) is 2. The zero-order valence-corrected chi connectivity index (χ0v) is 7.75. The van der Waals surface area contributed by atoms with Gasteiger partial charge in [0.2, 0.25) is 0 Å². The normalized spacial score (nSPS) is 10.2. The summed E-state index contributed by atoms with van der Waals surface area (Å²) in [6.07, 6.45) is -3.43. The van der Waals surface area contributed by atoms with Crippen molar-refractivity contribution in [2.24, 2.45) is 0 Å². The Bertz CT molecular complexity index is 469. The van der Waals surface area contributed by atoms with Crippen LogP contribution in [-0.2, 0) is 11.2 Å². The van der Waals surface area contributed by atoms with E-state index in [0.29, 0.717) is 6.20 Å². The highest BCUT2D eigenvalue weighted by Crippen LogP contribution is 2.25. The molecule has 16 heavy (non-hydrogen) atoms. The number of aliphatic carboxylic acids is 1. The number of hydrogen-bond acceptors (Lipinski definition) is 3. The molecule has 0 bridgehead atoms. The topological polar surface area (TPSA) is 74.0 Å². The summed E-state index contributed by atoms with van der Waals surface area (Å²) in [6.45, 7) is 0. The summed E-state index contributed by atoms with van der Waals surface area (Å²) < 4.78 is 37.9. The van der Waals surface area contributed by atoms with E-state index in [1.165, 1.54) is 6.07 Å². The number of nitriles is 1. The standard InChI is InChI=1S/C9H5F3N2O2/c10-8-4(1-7(15)16)6(2-13)14-3-5(8)9(11)12/h3,9H,1H2,(H,15,16). The Labute approximate surface area is 88.0 Å². The van der Waals surface area contributed by atoms with Crippen LogP contribution in [0, 0.1) is 17.1 Å². The highest BCUT2D eigenvalue weighted by molar-refractivity contribution is 5.71. The van der Waals surface area contributed by atoms with Crippen LogP contribution in [0.4, 0.5) is 13.2 Å².